The van der Waals surface area contributed by atoms with E-state index in [0.717, 1.165) is 30.2 Å². The minimum Gasteiger partial charge on any atom is -0.445 e. The van der Waals surface area contributed by atoms with Crippen LogP contribution in [0.2, 0.25) is 0 Å². The molecule has 0 radical (unpaired) electrons. The summed E-state index contributed by atoms with van der Waals surface area (Å²) < 4.78 is 5.62. The summed E-state index contributed by atoms with van der Waals surface area (Å²) in [5.41, 5.74) is 6.82. The lowest BCUT2D eigenvalue weighted by atomic mass is 9.69. The molecule has 0 spiro atoms. The van der Waals surface area contributed by atoms with E-state index in [4.69, 9.17) is 10.2 Å². The second-order valence-electron chi connectivity index (χ2n) is 4.00. The number of oxazole rings is 1. The van der Waals surface area contributed by atoms with Gasteiger partial charge in [-0.05, 0) is 26.7 Å². The molecule has 72 valence electrons. The maximum absolute atomic E-state index is 5.76. The Morgan fingerprint density at radius 3 is 2.46 bits per heavy atom. The minimum absolute atomic E-state index is 0.0685. The summed E-state index contributed by atoms with van der Waals surface area (Å²) >= 11 is 0. The molecule has 1 aromatic rings. The average Bonchev–Trinajstić information content (AvgIpc) is 2.31. The SMILES string of the molecule is Cc1nc(C2(CN)CCC2)oc1C. The van der Waals surface area contributed by atoms with E-state index in [-0.39, 0.29) is 5.41 Å². The summed E-state index contributed by atoms with van der Waals surface area (Å²) in [5, 5.41) is 0. The molecule has 0 amide bonds. The maximum atomic E-state index is 5.76. The van der Waals surface area contributed by atoms with Crippen molar-refractivity contribution in [1.29, 1.82) is 0 Å². The van der Waals surface area contributed by atoms with E-state index in [1.54, 1.807) is 0 Å². The van der Waals surface area contributed by atoms with E-state index in [1.165, 1.54) is 6.42 Å². The summed E-state index contributed by atoms with van der Waals surface area (Å²) in [6.45, 7) is 4.59. The van der Waals surface area contributed by atoms with Crippen LogP contribution < -0.4 is 5.73 Å². The van der Waals surface area contributed by atoms with Crippen LogP contribution in [-0.2, 0) is 5.41 Å². The third-order valence-corrected chi connectivity index (χ3v) is 3.18. The molecule has 13 heavy (non-hydrogen) atoms. The molecule has 1 aliphatic rings. The first kappa shape index (κ1) is 8.75. The lowest BCUT2D eigenvalue weighted by molar-refractivity contribution is 0.197. The average molecular weight is 180 g/mol. The van der Waals surface area contributed by atoms with Gasteiger partial charge < -0.3 is 10.2 Å². The van der Waals surface area contributed by atoms with Crippen molar-refractivity contribution in [3.05, 3.63) is 17.3 Å². The lowest BCUT2D eigenvalue weighted by Crippen LogP contribution is -2.41. The third-order valence-electron chi connectivity index (χ3n) is 3.18. The van der Waals surface area contributed by atoms with Gasteiger partial charge in [0.2, 0.25) is 5.89 Å². The second kappa shape index (κ2) is 2.84. The number of hydrogen-bond donors (Lipinski definition) is 1. The van der Waals surface area contributed by atoms with E-state index >= 15 is 0 Å². The smallest absolute Gasteiger partial charge is 0.202 e. The van der Waals surface area contributed by atoms with Gasteiger partial charge in [0, 0.05) is 6.54 Å². The fourth-order valence-electron chi connectivity index (χ4n) is 1.81. The number of nitrogens with zero attached hydrogens (tertiary/aromatic N) is 1. The molecular formula is C10H16N2O. The number of rotatable bonds is 2. The van der Waals surface area contributed by atoms with Crippen LogP contribution in [0.4, 0.5) is 0 Å². The van der Waals surface area contributed by atoms with Gasteiger partial charge in [0.15, 0.2) is 0 Å². The van der Waals surface area contributed by atoms with Gasteiger partial charge in [0.1, 0.15) is 5.76 Å². The fraction of sp³-hybridized carbons (Fsp3) is 0.700. The van der Waals surface area contributed by atoms with Crippen molar-refractivity contribution >= 4 is 0 Å². The largest absolute Gasteiger partial charge is 0.445 e. The van der Waals surface area contributed by atoms with Crippen LogP contribution in [0.25, 0.3) is 0 Å². The van der Waals surface area contributed by atoms with Crippen LogP contribution in [0.5, 0.6) is 0 Å². The molecule has 0 saturated heterocycles. The molecule has 3 nitrogen and oxygen atoms in total. The molecule has 0 unspecified atom stereocenters. The van der Waals surface area contributed by atoms with Gasteiger partial charge in [-0.3, -0.25) is 0 Å². The van der Waals surface area contributed by atoms with Crippen molar-refractivity contribution in [2.45, 2.75) is 38.5 Å². The molecule has 3 heteroatoms. The maximum Gasteiger partial charge on any atom is 0.202 e. The van der Waals surface area contributed by atoms with Crippen LogP contribution in [-0.4, -0.2) is 11.5 Å². The molecule has 0 aromatic carbocycles. The van der Waals surface area contributed by atoms with E-state index in [1.807, 2.05) is 13.8 Å². The highest BCUT2D eigenvalue weighted by molar-refractivity contribution is 5.16. The van der Waals surface area contributed by atoms with Gasteiger partial charge in [-0.15, -0.1) is 0 Å². The molecule has 0 bridgehead atoms. The highest BCUT2D eigenvalue weighted by Crippen LogP contribution is 2.42. The van der Waals surface area contributed by atoms with E-state index in [9.17, 15) is 0 Å². The number of hydrogen-bond acceptors (Lipinski definition) is 3. The predicted octanol–water partition coefficient (Wildman–Crippen LogP) is 1.67. The molecule has 1 saturated carbocycles. The van der Waals surface area contributed by atoms with Crippen LogP contribution in [0.15, 0.2) is 4.42 Å². The lowest BCUT2D eigenvalue weighted by Gasteiger charge is -2.37. The quantitative estimate of drug-likeness (QED) is 0.753. The van der Waals surface area contributed by atoms with Crippen molar-refractivity contribution in [2.75, 3.05) is 6.54 Å². The van der Waals surface area contributed by atoms with Crippen LogP contribution >= 0.6 is 0 Å². The topological polar surface area (TPSA) is 52.0 Å². The number of nitrogens with two attached hydrogens (primary N) is 1. The Kier molecular flexibility index (Phi) is 1.91. The van der Waals surface area contributed by atoms with Gasteiger partial charge in [0.05, 0.1) is 11.1 Å². The number of aromatic nitrogens is 1. The molecule has 1 fully saturated rings. The molecule has 1 aromatic heterocycles. The molecule has 2 N–H and O–H groups in total. The Labute approximate surface area is 78.3 Å². The standard InChI is InChI=1S/C10H16N2O/c1-7-8(2)13-9(12-7)10(6-11)4-3-5-10/h3-6,11H2,1-2H3. The highest BCUT2D eigenvalue weighted by atomic mass is 16.4. The Bertz CT molecular complexity index is 288. The Balaban J connectivity index is 2.33. The molecule has 2 rings (SSSR count). The molecular weight excluding hydrogens is 164 g/mol. The molecule has 0 atom stereocenters. The van der Waals surface area contributed by atoms with Gasteiger partial charge >= 0.3 is 0 Å². The van der Waals surface area contributed by atoms with Gasteiger partial charge in [-0.1, -0.05) is 6.42 Å². The number of aryl methyl sites for hydroxylation is 2. The van der Waals surface area contributed by atoms with Gasteiger partial charge in [-0.25, -0.2) is 4.98 Å². The first-order valence-electron chi connectivity index (χ1n) is 4.82. The molecule has 1 heterocycles. The molecule has 1 aliphatic carbocycles. The van der Waals surface area contributed by atoms with Crippen molar-refractivity contribution in [3.63, 3.8) is 0 Å². The van der Waals surface area contributed by atoms with Crippen molar-refractivity contribution < 1.29 is 4.42 Å². The first-order chi connectivity index (χ1) is 6.18. The fourth-order valence-corrected chi connectivity index (χ4v) is 1.81. The Morgan fingerprint density at radius 1 is 1.46 bits per heavy atom. The first-order valence-corrected chi connectivity index (χ1v) is 4.82. The molecule has 0 aliphatic heterocycles. The normalized spacial score (nSPS) is 19.9. The van der Waals surface area contributed by atoms with Crippen LogP contribution in [0.3, 0.4) is 0 Å². The summed E-state index contributed by atoms with van der Waals surface area (Å²) in [6, 6.07) is 0. The summed E-state index contributed by atoms with van der Waals surface area (Å²) in [7, 11) is 0. The van der Waals surface area contributed by atoms with E-state index in [0.29, 0.717) is 6.54 Å². The van der Waals surface area contributed by atoms with E-state index in [2.05, 4.69) is 4.98 Å². The zero-order valence-electron chi connectivity index (χ0n) is 8.26. The van der Waals surface area contributed by atoms with E-state index < -0.39 is 0 Å². The van der Waals surface area contributed by atoms with Crippen molar-refractivity contribution in [2.24, 2.45) is 5.73 Å². The Morgan fingerprint density at radius 2 is 2.15 bits per heavy atom. The minimum atomic E-state index is 0.0685. The summed E-state index contributed by atoms with van der Waals surface area (Å²) in [4.78, 5) is 4.43. The highest BCUT2D eigenvalue weighted by Gasteiger charge is 2.41. The van der Waals surface area contributed by atoms with Crippen molar-refractivity contribution in [3.8, 4) is 0 Å². The monoisotopic (exact) mass is 180 g/mol. The predicted molar refractivity (Wildman–Crippen MR) is 50.6 cm³/mol. The van der Waals surface area contributed by atoms with Crippen molar-refractivity contribution in [1.82, 2.24) is 4.98 Å². The third kappa shape index (κ3) is 1.18. The van der Waals surface area contributed by atoms with Crippen LogP contribution in [0, 0.1) is 13.8 Å². The van der Waals surface area contributed by atoms with Gasteiger partial charge in [0.25, 0.3) is 0 Å². The van der Waals surface area contributed by atoms with Crippen LogP contribution in [0.1, 0.15) is 36.6 Å². The zero-order chi connectivity index (χ0) is 9.47. The van der Waals surface area contributed by atoms with Gasteiger partial charge in [-0.2, -0.15) is 0 Å². The zero-order valence-corrected chi connectivity index (χ0v) is 8.26. The summed E-state index contributed by atoms with van der Waals surface area (Å²) in [6.07, 6.45) is 3.50. The Hall–Kier alpha value is -0.830. The second-order valence-corrected chi connectivity index (χ2v) is 4.00. The summed E-state index contributed by atoms with van der Waals surface area (Å²) in [5.74, 6) is 1.78.